The third-order valence-corrected chi connectivity index (χ3v) is 8.40. The Morgan fingerprint density at radius 2 is 1.92 bits per heavy atom. The van der Waals surface area contributed by atoms with Crippen LogP contribution in [0.4, 0.5) is 0 Å². The van der Waals surface area contributed by atoms with Crippen LogP contribution >= 0.6 is 0 Å². The number of carbonyl (C=O) groups excluding carboxylic acids is 2. The van der Waals surface area contributed by atoms with Crippen LogP contribution in [-0.2, 0) is 20.7 Å². The first-order valence-electron chi connectivity index (χ1n) is 13.4. The van der Waals surface area contributed by atoms with Gasteiger partial charge in [0.15, 0.2) is 0 Å². The Bertz CT molecular complexity index is 1290. The van der Waals surface area contributed by atoms with Gasteiger partial charge in [0.25, 0.3) is 0 Å². The van der Waals surface area contributed by atoms with Crippen LogP contribution in [0, 0.1) is 5.92 Å². The van der Waals surface area contributed by atoms with Crippen molar-refractivity contribution >= 4 is 22.8 Å². The summed E-state index contributed by atoms with van der Waals surface area (Å²) in [4.78, 5) is 31.5. The van der Waals surface area contributed by atoms with Gasteiger partial charge < -0.3 is 24.9 Å². The molecule has 4 atom stereocenters. The number of likely N-dealkylation sites (tertiary alicyclic amines) is 1. The van der Waals surface area contributed by atoms with Gasteiger partial charge in [-0.05, 0) is 37.0 Å². The van der Waals surface area contributed by atoms with Crippen LogP contribution in [0.1, 0.15) is 49.3 Å². The highest BCUT2D eigenvalue weighted by atomic mass is 16.5. The minimum atomic E-state index is -0.812. The number of aromatic amines is 1. The second kappa shape index (κ2) is 11.2. The summed E-state index contributed by atoms with van der Waals surface area (Å²) in [6, 6.07) is 14.8. The van der Waals surface area contributed by atoms with Crippen molar-refractivity contribution in [3.05, 3.63) is 65.9 Å². The zero-order chi connectivity index (χ0) is 26.7. The van der Waals surface area contributed by atoms with E-state index < -0.39 is 17.6 Å². The van der Waals surface area contributed by atoms with Crippen LogP contribution in [0.2, 0.25) is 0 Å². The highest BCUT2D eigenvalue weighted by Crippen LogP contribution is 2.50. The van der Waals surface area contributed by atoms with Gasteiger partial charge in [-0.15, -0.1) is 0 Å². The Morgan fingerprint density at radius 3 is 2.74 bits per heavy atom. The third kappa shape index (κ3) is 5.15. The normalized spacial score (nSPS) is 24.4. The number of hydrogen-bond donors (Lipinski definition) is 3. The number of piperidine rings is 1. The lowest BCUT2D eigenvalue weighted by molar-refractivity contribution is -0.146. The predicted octanol–water partition coefficient (Wildman–Crippen LogP) is 3.75. The second-order valence-corrected chi connectivity index (χ2v) is 10.6. The van der Waals surface area contributed by atoms with E-state index >= 15 is 0 Å². The van der Waals surface area contributed by atoms with Crippen molar-refractivity contribution < 1.29 is 24.2 Å². The van der Waals surface area contributed by atoms with Crippen molar-refractivity contribution in [2.24, 2.45) is 5.92 Å². The maximum atomic E-state index is 13.4. The highest BCUT2D eigenvalue weighted by molar-refractivity contribution is 5.88. The molecule has 1 aliphatic carbocycles. The summed E-state index contributed by atoms with van der Waals surface area (Å²) < 4.78 is 10.7. The first-order valence-corrected chi connectivity index (χ1v) is 13.4. The quantitative estimate of drug-likeness (QED) is 0.392. The van der Waals surface area contributed by atoms with E-state index in [0.29, 0.717) is 19.4 Å². The number of aliphatic hydroxyl groups is 1. The largest absolute Gasteiger partial charge is 0.496 e. The molecule has 3 N–H and O–H groups in total. The number of fused-ring (bicyclic) bond motifs is 2. The third-order valence-electron chi connectivity index (χ3n) is 8.40. The van der Waals surface area contributed by atoms with Crippen molar-refractivity contribution in [1.29, 1.82) is 0 Å². The molecule has 2 aliphatic rings. The van der Waals surface area contributed by atoms with Crippen LogP contribution in [0.25, 0.3) is 10.9 Å². The molecule has 8 nitrogen and oxygen atoms in total. The van der Waals surface area contributed by atoms with E-state index in [4.69, 9.17) is 9.47 Å². The van der Waals surface area contributed by atoms with Gasteiger partial charge in [-0.25, -0.2) is 4.79 Å². The van der Waals surface area contributed by atoms with E-state index in [9.17, 15) is 14.7 Å². The Hall–Kier alpha value is -3.36. The van der Waals surface area contributed by atoms with Crippen molar-refractivity contribution in [3.8, 4) is 5.75 Å². The number of hydrogen-bond acceptors (Lipinski definition) is 6. The molecule has 3 aromatic rings. The van der Waals surface area contributed by atoms with Gasteiger partial charge in [-0.2, -0.15) is 0 Å². The zero-order valence-electron chi connectivity index (χ0n) is 22.1. The van der Waals surface area contributed by atoms with Crippen LogP contribution in [-0.4, -0.2) is 65.8 Å². The van der Waals surface area contributed by atoms with Gasteiger partial charge >= 0.3 is 5.97 Å². The molecule has 2 fully saturated rings. The average molecular weight is 520 g/mol. The SMILES string of the molecule is COC(=O)[C@H](Cc1c[nH]c2ccccc12)NC(=O)CN1CC[C@@]2(O)CCCC[C@@H]2[C@@H]1c1ccccc1OC. The molecule has 38 heavy (non-hydrogen) atoms. The molecule has 1 aromatic heterocycles. The fraction of sp³-hybridized carbons (Fsp3) is 0.467. The van der Waals surface area contributed by atoms with Gasteiger partial charge in [0.1, 0.15) is 11.8 Å². The number of methoxy groups -OCH3 is 2. The standard InChI is InChI=1S/C30H37N3O5/c1-37-26-13-6-4-10-22(26)28-23-11-7-8-14-30(23,36)15-16-33(28)19-27(34)32-25(29(35)38-2)17-20-18-31-24-12-5-3-9-21(20)24/h3-6,9-10,12-13,18,23,25,28,31,36H,7-8,11,14-17,19H2,1-2H3,(H,32,34)/t23-,25+,28+,30+/m1/s1. The first kappa shape index (κ1) is 26.3. The summed E-state index contributed by atoms with van der Waals surface area (Å²) in [6.07, 6.45) is 6.54. The van der Waals surface area contributed by atoms with Gasteiger partial charge in [0.2, 0.25) is 5.91 Å². The molecule has 0 bridgehead atoms. The van der Waals surface area contributed by atoms with Crippen LogP contribution in [0.5, 0.6) is 5.75 Å². The molecule has 0 unspecified atom stereocenters. The summed E-state index contributed by atoms with van der Waals surface area (Å²) in [5, 5.41) is 15.5. The second-order valence-electron chi connectivity index (χ2n) is 10.6. The molecule has 2 heterocycles. The summed E-state index contributed by atoms with van der Waals surface area (Å²) in [7, 11) is 2.99. The fourth-order valence-electron chi connectivity index (χ4n) is 6.52. The van der Waals surface area contributed by atoms with Crippen LogP contribution in [0.15, 0.2) is 54.7 Å². The van der Waals surface area contributed by atoms with E-state index in [1.165, 1.54) is 7.11 Å². The zero-order valence-corrected chi connectivity index (χ0v) is 22.1. The molecule has 202 valence electrons. The van der Waals surface area contributed by atoms with Crippen molar-refractivity contribution in [1.82, 2.24) is 15.2 Å². The van der Waals surface area contributed by atoms with Crippen molar-refractivity contribution in [3.63, 3.8) is 0 Å². The van der Waals surface area contributed by atoms with Crippen LogP contribution < -0.4 is 10.1 Å². The number of amides is 1. The number of aromatic nitrogens is 1. The smallest absolute Gasteiger partial charge is 0.328 e. The van der Waals surface area contributed by atoms with E-state index in [1.54, 1.807) is 7.11 Å². The lowest BCUT2D eigenvalue weighted by Crippen LogP contribution is -2.57. The first-order chi connectivity index (χ1) is 18.4. The molecule has 5 rings (SSSR count). The van der Waals surface area contributed by atoms with E-state index in [-0.39, 0.29) is 24.4 Å². The molecule has 0 spiro atoms. The summed E-state index contributed by atoms with van der Waals surface area (Å²) in [5.74, 6) is 0.0211. The number of H-pyrrole nitrogens is 1. The van der Waals surface area contributed by atoms with Crippen molar-refractivity contribution in [2.75, 3.05) is 27.3 Å². The van der Waals surface area contributed by atoms with Gasteiger partial charge in [-0.3, -0.25) is 9.69 Å². The molecule has 2 aromatic carbocycles. The van der Waals surface area contributed by atoms with E-state index in [1.807, 2.05) is 54.7 Å². The van der Waals surface area contributed by atoms with E-state index in [0.717, 1.165) is 53.5 Å². The summed E-state index contributed by atoms with van der Waals surface area (Å²) >= 11 is 0. The molecule has 0 radical (unpaired) electrons. The maximum absolute atomic E-state index is 13.4. The monoisotopic (exact) mass is 519 g/mol. The molecule has 1 saturated carbocycles. The van der Waals surface area contributed by atoms with Gasteiger partial charge in [0, 0.05) is 47.6 Å². The van der Waals surface area contributed by atoms with Gasteiger partial charge in [0.05, 0.1) is 26.4 Å². The molecule has 8 heteroatoms. The number of nitrogens with one attached hydrogen (secondary N) is 2. The van der Waals surface area contributed by atoms with Gasteiger partial charge in [-0.1, -0.05) is 49.2 Å². The summed E-state index contributed by atoms with van der Waals surface area (Å²) in [6.45, 7) is 0.686. The fourth-order valence-corrected chi connectivity index (χ4v) is 6.52. The molecular weight excluding hydrogens is 482 g/mol. The molecule has 1 saturated heterocycles. The number of esters is 1. The predicted molar refractivity (Wildman–Crippen MR) is 145 cm³/mol. The molecular formula is C30H37N3O5. The topological polar surface area (TPSA) is 104 Å². The number of rotatable bonds is 8. The minimum absolute atomic E-state index is 0.00303. The lowest BCUT2D eigenvalue weighted by atomic mass is 9.66. The Labute approximate surface area is 223 Å². The number of ether oxygens (including phenoxy) is 2. The number of carbonyl (C=O) groups is 2. The maximum Gasteiger partial charge on any atom is 0.328 e. The number of benzene rings is 2. The summed E-state index contributed by atoms with van der Waals surface area (Å²) in [5.41, 5.74) is 2.15. The lowest BCUT2D eigenvalue weighted by Gasteiger charge is -2.52. The average Bonchev–Trinajstić information content (AvgIpc) is 3.35. The highest BCUT2D eigenvalue weighted by Gasteiger charge is 2.49. The van der Waals surface area contributed by atoms with Crippen molar-refractivity contribution in [2.45, 2.75) is 56.2 Å². The molecule has 1 aliphatic heterocycles. The number of para-hydroxylation sites is 2. The van der Waals surface area contributed by atoms with Crippen LogP contribution in [0.3, 0.4) is 0 Å². The Balaban J connectivity index is 1.37. The Morgan fingerprint density at radius 1 is 1.13 bits per heavy atom. The Kier molecular flexibility index (Phi) is 7.72. The van der Waals surface area contributed by atoms with E-state index in [2.05, 4.69) is 15.2 Å². The minimum Gasteiger partial charge on any atom is -0.496 e. The number of nitrogens with zero attached hydrogens (tertiary/aromatic N) is 1. The molecule has 1 amide bonds.